The minimum Gasteiger partial charge on any atom is -0.481 e. The van der Waals surface area contributed by atoms with E-state index in [0.717, 1.165) is 11.8 Å². The van der Waals surface area contributed by atoms with Crippen LogP contribution in [0.2, 0.25) is 0 Å². The number of carbonyl (C=O) groups excluding carboxylic acids is 1. The molecule has 1 aromatic heterocycles. The summed E-state index contributed by atoms with van der Waals surface area (Å²) in [5.41, 5.74) is 0.453. The third-order valence-electron chi connectivity index (χ3n) is 1.53. The zero-order valence-electron chi connectivity index (χ0n) is 7.86. The van der Waals surface area contributed by atoms with Gasteiger partial charge >= 0.3 is 5.97 Å². The van der Waals surface area contributed by atoms with Gasteiger partial charge in [-0.05, 0) is 19.9 Å². The van der Waals surface area contributed by atoms with Crippen LogP contribution in [0.4, 0.5) is 0 Å². The molecule has 0 fully saturated rings. The zero-order valence-corrected chi connectivity index (χ0v) is 8.68. The third-order valence-corrected chi connectivity index (χ3v) is 2.48. The third kappa shape index (κ3) is 2.63. The second-order valence-corrected chi connectivity index (χ2v) is 3.74. The first kappa shape index (κ1) is 10.8. The topological polar surface area (TPSA) is 67.5 Å². The fourth-order valence-corrected chi connectivity index (χ4v) is 1.78. The van der Waals surface area contributed by atoms with Gasteiger partial charge in [-0.3, -0.25) is 9.59 Å². The van der Waals surface area contributed by atoms with Gasteiger partial charge in [-0.25, -0.2) is 0 Å². The molecule has 0 spiro atoms. The highest BCUT2D eigenvalue weighted by atomic mass is 32.2. The minimum atomic E-state index is -0.932. The van der Waals surface area contributed by atoms with Crippen LogP contribution < -0.4 is 0 Å². The van der Waals surface area contributed by atoms with Crippen LogP contribution in [0.1, 0.15) is 23.0 Å². The standard InChI is InChI=1S/C9H10O4S/c1-5-3-7(6(2)10)9(13-5)14-4-8(11)12/h3H,4H2,1-2H3,(H,11,12). The highest BCUT2D eigenvalue weighted by Gasteiger charge is 2.14. The summed E-state index contributed by atoms with van der Waals surface area (Å²) in [6.45, 7) is 3.15. The molecule has 0 amide bonds. The van der Waals surface area contributed by atoms with Crippen LogP contribution in [0.5, 0.6) is 0 Å². The second-order valence-electron chi connectivity index (χ2n) is 2.80. The lowest BCUT2D eigenvalue weighted by Crippen LogP contribution is -1.98. The van der Waals surface area contributed by atoms with Crippen LogP contribution >= 0.6 is 11.8 Å². The maximum Gasteiger partial charge on any atom is 0.313 e. The van der Waals surface area contributed by atoms with Gasteiger partial charge in [-0.2, -0.15) is 0 Å². The van der Waals surface area contributed by atoms with Crippen molar-refractivity contribution < 1.29 is 19.1 Å². The second kappa shape index (κ2) is 4.32. The summed E-state index contributed by atoms with van der Waals surface area (Å²) >= 11 is 1.02. The molecule has 0 aromatic carbocycles. The Hall–Kier alpha value is -1.23. The molecule has 14 heavy (non-hydrogen) atoms. The number of carboxylic acid groups (broad SMARTS) is 1. The van der Waals surface area contributed by atoms with Crippen molar-refractivity contribution >= 4 is 23.5 Å². The van der Waals surface area contributed by atoms with Crippen LogP contribution in [0, 0.1) is 6.92 Å². The Balaban J connectivity index is 2.84. The molecule has 1 aromatic rings. The maximum absolute atomic E-state index is 11.1. The van der Waals surface area contributed by atoms with E-state index in [1.54, 1.807) is 13.0 Å². The largest absolute Gasteiger partial charge is 0.481 e. The molecule has 1 rings (SSSR count). The van der Waals surface area contributed by atoms with Crippen molar-refractivity contribution in [3.8, 4) is 0 Å². The lowest BCUT2D eigenvalue weighted by molar-refractivity contribution is -0.133. The average Bonchev–Trinajstić information content (AvgIpc) is 2.43. The van der Waals surface area contributed by atoms with Crippen molar-refractivity contribution in [1.29, 1.82) is 0 Å². The van der Waals surface area contributed by atoms with Gasteiger partial charge in [0.25, 0.3) is 0 Å². The molecule has 5 heteroatoms. The first-order valence-electron chi connectivity index (χ1n) is 3.96. The van der Waals surface area contributed by atoms with Gasteiger partial charge in [-0.15, -0.1) is 0 Å². The molecule has 0 unspecified atom stereocenters. The zero-order chi connectivity index (χ0) is 10.7. The Bertz CT molecular complexity index is 367. The smallest absolute Gasteiger partial charge is 0.313 e. The predicted molar refractivity (Wildman–Crippen MR) is 51.8 cm³/mol. The van der Waals surface area contributed by atoms with E-state index in [4.69, 9.17) is 9.52 Å². The number of furan rings is 1. The van der Waals surface area contributed by atoms with Crippen molar-refractivity contribution in [2.45, 2.75) is 18.9 Å². The number of Topliss-reactive ketones (excluding diaryl/α,β-unsaturated/α-hetero) is 1. The van der Waals surface area contributed by atoms with Crippen molar-refractivity contribution in [2.24, 2.45) is 0 Å². The van der Waals surface area contributed by atoms with Crippen LogP contribution in [-0.2, 0) is 4.79 Å². The predicted octanol–water partition coefficient (Wildman–Crippen LogP) is 1.97. The Morgan fingerprint density at radius 2 is 2.21 bits per heavy atom. The van der Waals surface area contributed by atoms with Gasteiger partial charge in [0.05, 0.1) is 11.3 Å². The summed E-state index contributed by atoms with van der Waals surface area (Å²) in [7, 11) is 0. The number of carbonyl (C=O) groups is 2. The summed E-state index contributed by atoms with van der Waals surface area (Å²) in [5.74, 6) is -0.538. The minimum absolute atomic E-state index is 0.104. The monoisotopic (exact) mass is 214 g/mol. The summed E-state index contributed by atoms with van der Waals surface area (Å²) in [5, 5.41) is 8.85. The highest BCUT2D eigenvalue weighted by molar-refractivity contribution is 7.99. The van der Waals surface area contributed by atoms with E-state index in [2.05, 4.69) is 0 Å². The lowest BCUT2D eigenvalue weighted by Gasteiger charge is -1.95. The fourth-order valence-electron chi connectivity index (χ4n) is 0.973. The van der Waals surface area contributed by atoms with E-state index in [0.29, 0.717) is 16.4 Å². The summed E-state index contributed by atoms with van der Waals surface area (Å²) in [6, 6.07) is 1.62. The van der Waals surface area contributed by atoms with Crippen LogP contribution in [0.25, 0.3) is 0 Å². The molecule has 4 nitrogen and oxygen atoms in total. The molecule has 0 atom stereocenters. The molecule has 0 aliphatic heterocycles. The molecule has 0 saturated carbocycles. The van der Waals surface area contributed by atoms with E-state index < -0.39 is 5.97 Å². The van der Waals surface area contributed by atoms with E-state index in [-0.39, 0.29) is 11.5 Å². The van der Waals surface area contributed by atoms with Crippen LogP contribution in [0.3, 0.4) is 0 Å². The van der Waals surface area contributed by atoms with Crippen molar-refractivity contribution in [2.75, 3.05) is 5.75 Å². The van der Waals surface area contributed by atoms with Gasteiger partial charge in [0.2, 0.25) is 0 Å². The number of hydrogen-bond donors (Lipinski definition) is 1. The number of rotatable bonds is 4. The Kier molecular flexibility index (Phi) is 3.35. The number of aliphatic carboxylic acids is 1. The van der Waals surface area contributed by atoms with Gasteiger partial charge in [0.15, 0.2) is 10.9 Å². The first-order valence-corrected chi connectivity index (χ1v) is 4.95. The Labute approximate surface area is 85.3 Å². The number of carboxylic acids is 1. The van der Waals surface area contributed by atoms with Crippen molar-refractivity contribution in [3.05, 3.63) is 17.4 Å². The molecule has 76 valence electrons. The van der Waals surface area contributed by atoms with E-state index in [1.165, 1.54) is 6.92 Å². The normalized spacial score (nSPS) is 10.1. The molecule has 0 radical (unpaired) electrons. The van der Waals surface area contributed by atoms with E-state index in [1.807, 2.05) is 0 Å². The summed E-state index contributed by atoms with van der Waals surface area (Å²) in [4.78, 5) is 21.4. The Morgan fingerprint density at radius 1 is 1.57 bits per heavy atom. The van der Waals surface area contributed by atoms with Gasteiger partial charge in [0.1, 0.15) is 5.76 Å². The molecule has 1 N–H and O–H groups in total. The Morgan fingerprint density at radius 3 is 2.71 bits per heavy atom. The first-order chi connectivity index (χ1) is 6.50. The summed E-state index contributed by atoms with van der Waals surface area (Å²) < 4.78 is 5.21. The lowest BCUT2D eigenvalue weighted by atomic mass is 10.2. The van der Waals surface area contributed by atoms with Crippen molar-refractivity contribution in [3.63, 3.8) is 0 Å². The molecular formula is C9H10O4S. The fraction of sp³-hybridized carbons (Fsp3) is 0.333. The van der Waals surface area contributed by atoms with E-state index in [9.17, 15) is 9.59 Å². The molecule has 0 aliphatic carbocycles. The summed E-state index contributed by atoms with van der Waals surface area (Å²) in [6.07, 6.45) is 0. The number of hydrogen-bond acceptors (Lipinski definition) is 4. The van der Waals surface area contributed by atoms with Gasteiger partial charge in [0, 0.05) is 0 Å². The van der Waals surface area contributed by atoms with Gasteiger partial charge in [-0.1, -0.05) is 11.8 Å². The molecule has 0 aliphatic rings. The SMILES string of the molecule is CC(=O)c1cc(C)oc1SCC(=O)O. The quantitative estimate of drug-likeness (QED) is 0.613. The highest BCUT2D eigenvalue weighted by Crippen LogP contribution is 2.26. The average molecular weight is 214 g/mol. The van der Waals surface area contributed by atoms with Gasteiger partial charge < -0.3 is 9.52 Å². The van der Waals surface area contributed by atoms with E-state index >= 15 is 0 Å². The van der Waals surface area contributed by atoms with Crippen molar-refractivity contribution in [1.82, 2.24) is 0 Å². The number of ketones is 1. The number of aryl methyl sites for hydroxylation is 1. The van der Waals surface area contributed by atoms with Crippen LogP contribution in [-0.4, -0.2) is 22.6 Å². The molecular weight excluding hydrogens is 204 g/mol. The number of thioether (sulfide) groups is 1. The molecule has 0 saturated heterocycles. The van der Waals surface area contributed by atoms with Crippen LogP contribution in [0.15, 0.2) is 15.6 Å². The molecule has 0 bridgehead atoms. The molecule has 1 heterocycles. The maximum atomic E-state index is 11.1.